The molecular weight excluding hydrogens is 389 g/mol. The number of nitrogens with zero attached hydrogens (tertiary/aromatic N) is 1. The van der Waals surface area contributed by atoms with Crippen molar-refractivity contribution in [2.45, 2.75) is 13.5 Å². The summed E-state index contributed by atoms with van der Waals surface area (Å²) in [5.41, 5.74) is 1.70. The number of hydrogen-bond donors (Lipinski definition) is 3. The van der Waals surface area contributed by atoms with E-state index in [0.717, 1.165) is 10.9 Å². The molecule has 0 radical (unpaired) electrons. The lowest BCUT2D eigenvalue weighted by atomic mass is 10.1. The Morgan fingerprint density at radius 3 is 2.59 bits per heavy atom. The van der Waals surface area contributed by atoms with E-state index in [2.05, 4.69) is 15.6 Å². The molecule has 0 saturated heterocycles. The molecule has 2 amide bonds. The number of carboxylic acids is 1. The predicted molar refractivity (Wildman–Crippen MR) is 106 cm³/mol. The number of benzene rings is 2. The Morgan fingerprint density at radius 2 is 1.89 bits per heavy atom. The molecule has 27 heavy (non-hydrogen) atoms. The van der Waals surface area contributed by atoms with Crippen molar-refractivity contribution in [2.24, 2.45) is 0 Å². The molecule has 8 heteroatoms. The van der Waals surface area contributed by atoms with Crippen molar-refractivity contribution in [1.29, 1.82) is 0 Å². The molecule has 0 atom stereocenters. The molecule has 0 aliphatic carbocycles. The Bertz CT molecular complexity index is 1050. The molecule has 1 aromatic heterocycles. The van der Waals surface area contributed by atoms with E-state index in [4.69, 9.17) is 23.2 Å². The maximum Gasteiger partial charge on any atom is 0.354 e. The SMILES string of the molecule is Cc1nc(C(=O)O)cc2c(NC(=O)NCc3ccc(Cl)cc3Cl)cccc12. The maximum absolute atomic E-state index is 12.3. The summed E-state index contributed by atoms with van der Waals surface area (Å²) >= 11 is 12.0. The lowest BCUT2D eigenvalue weighted by Crippen LogP contribution is -2.28. The molecule has 0 saturated carbocycles. The minimum absolute atomic E-state index is 0.0809. The number of nitrogens with one attached hydrogen (secondary N) is 2. The molecule has 0 spiro atoms. The number of halogens is 2. The van der Waals surface area contributed by atoms with Gasteiger partial charge >= 0.3 is 12.0 Å². The monoisotopic (exact) mass is 403 g/mol. The lowest BCUT2D eigenvalue weighted by Gasteiger charge is -2.12. The van der Waals surface area contributed by atoms with Crippen LogP contribution in [-0.4, -0.2) is 22.1 Å². The van der Waals surface area contributed by atoms with Gasteiger partial charge in [-0.15, -0.1) is 0 Å². The van der Waals surface area contributed by atoms with Crippen molar-refractivity contribution >= 4 is 51.7 Å². The van der Waals surface area contributed by atoms with E-state index in [1.54, 1.807) is 37.3 Å². The number of urea groups is 1. The summed E-state index contributed by atoms with van der Waals surface area (Å²) < 4.78 is 0. The molecule has 2 aromatic carbocycles. The van der Waals surface area contributed by atoms with Crippen LogP contribution in [0.15, 0.2) is 42.5 Å². The van der Waals surface area contributed by atoms with Crippen LogP contribution in [0, 0.1) is 6.92 Å². The first kappa shape index (κ1) is 18.9. The van der Waals surface area contributed by atoms with Gasteiger partial charge in [0.05, 0.1) is 5.69 Å². The number of fused-ring (bicyclic) bond motifs is 1. The molecule has 0 fully saturated rings. The van der Waals surface area contributed by atoms with Crippen molar-refractivity contribution < 1.29 is 14.7 Å². The van der Waals surface area contributed by atoms with E-state index in [-0.39, 0.29) is 12.2 Å². The van der Waals surface area contributed by atoms with Crippen LogP contribution in [0.2, 0.25) is 10.0 Å². The smallest absolute Gasteiger partial charge is 0.354 e. The number of anilines is 1. The third kappa shape index (κ3) is 4.30. The highest BCUT2D eigenvalue weighted by atomic mass is 35.5. The summed E-state index contributed by atoms with van der Waals surface area (Å²) in [5, 5.41) is 17.0. The molecular formula is C19H15Cl2N3O3. The first-order chi connectivity index (χ1) is 12.8. The summed E-state index contributed by atoms with van der Waals surface area (Å²) in [5.74, 6) is -1.13. The first-order valence-corrected chi connectivity index (χ1v) is 8.73. The van der Waals surface area contributed by atoms with Crippen LogP contribution in [-0.2, 0) is 6.54 Å². The number of carbonyl (C=O) groups is 2. The van der Waals surface area contributed by atoms with E-state index in [9.17, 15) is 14.7 Å². The molecule has 6 nitrogen and oxygen atoms in total. The van der Waals surface area contributed by atoms with Crippen molar-refractivity contribution in [3.8, 4) is 0 Å². The van der Waals surface area contributed by atoms with Gasteiger partial charge in [-0.05, 0) is 36.8 Å². The largest absolute Gasteiger partial charge is 0.477 e. The normalized spacial score (nSPS) is 10.6. The summed E-state index contributed by atoms with van der Waals surface area (Å²) in [6.45, 7) is 1.94. The highest BCUT2D eigenvalue weighted by Gasteiger charge is 2.13. The fraction of sp³-hybridized carbons (Fsp3) is 0.105. The fourth-order valence-electron chi connectivity index (χ4n) is 2.67. The van der Waals surface area contributed by atoms with E-state index in [1.807, 2.05) is 6.07 Å². The number of aromatic nitrogens is 1. The van der Waals surface area contributed by atoms with Crippen LogP contribution in [0.3, 0.4) is 0 Å². The number of aryl methyl sites for hydroxylation is 1. The minimum atomic E-state index is -1.13. The molecule has 1 heterocycles. The van der Waals surface area contributed by atoms with Gasteiger partial charge in [0.15, 0.2) is 0 Å². The molecule has 0 aliphatic heterocycles. The van der Waals surface area contributed by atoms with E-state index < -0.39 is 12.0 Å². The molecule has 0 bridgehead atoms. The minimum Gasteiger partial charge on any atom is -0.477 e. The van der Waals surface area contributed by atoms with Gasteiger partial charge in [-0.3, -0.25) is 0 Å². The first-order valence-electron chi connectivity index (χ1n) is 7.97. The number of amides is 2. The van der Waals surface area contributed by atoms with Crippen molar-refractivity contribution in [2.75, 3.05) is 5.32 Å². The van der Waals surface area contributed by atoms with Gasteiger partial charge in [0, 0.05) is 33.1 Å². The quantitative estimate of drug-likeness (QED) is 0.579. The Morgan fingerprint density at radius 1 is 1.11 bits per heavy atom. The Hall–Kier alpha value is -2.83. The average Bonchev–Trinajstić information content (AvgIpc) is 2.61. The number of carbonyl (C=O) groups excluding carboxylic acids is 1. The van der Waals surface area contributed by atoms with E-state index >= 15 is 0 Å². The Balaban J connectivity index is 1.81. The zero-order valence-corrected chi connectivity index (χ0v) is 15.7. The van der Waals surface area contributed by atoms with Crippen molar-refractivity contribution in [3.63, 3.8) is 0 Å². The van der Waals surface area contributed by atoms with Crippen LogP contribution in [0.4, 0.5) is 10.5 Å². The summed E-state index contributed by atoms with van der Waals surface area (Å²) in [6, 6.07) is 11.3. The highest BCUT2D eigenvalue weighted by molar-refractivity contribution is 6.35. The maximum atomic E-state index is 12.3. The molecule has 3 rings (SSSR count). The molecule has 3 N–H and O–H groups in total. The Kier molecular flexibility index (Phi) is 5.48. The second kappa shape index (κ2) is 7.82. The van der Waals surface area contributed by atoms with Gasteiger partial charge in [-0.1, -0.05) is 41.4 Å². The topological polar surface area (TPSA) is 91.3 Å². The standard InChI is InChI=1S/C19H15Cl2N3O3/c1-10-13-3-2-4-16(14(13)8-17(23-10)18(25)26)24-19(27)22-9-11-5-6-12(20)7-15(11)21/h2-8H,9H2,1H3,(H,25,26)(H2,22,24,27). The molecule has 0 aliphatic rings. The van der Waals surface area contributed by atoms with Gasteiger partial charge in [0.2, 0.25) is 0 Å². The average molecular weight is 404 g/mol. The summed E-state index contributed by atoms with van der Waals surface area (Å²) in [6.07, 6.45) is 0. The zero-order valence-electron chi connectivity index (χ0n) is 14.2. The van der Waals surface area contributed by atoms with Crippen LogP contribution in [0.25, 0.3) is 10.8 Å². The van der Waals surface area contributed by atoms with E-state index in [1.165, 1.54) is 6.07 Å². The van der Waals surface area contributed by atoms with Gasteiger partial charge < -0.3 is 15.7 Å². The van der Waals surface area contributed by atoms with Crippen LogP contribution >= 0.6 is 23.2 Å². The van der Waals surface area contributed by atoms with Gasteiger partial charge in [-0.2, -0.15) is 0 Å². The van der Waals surface area contributed by atoms with Crippen LogP contribution < -0.4 is 10.6 Å². The predicted octanol–water partition coefficient (Wildman–Crippen LogP) is 4.87. The summed E-state index contributed by atoms with van der Waals surface area (Å²) in [7, 11) is 0. The molecule has 3 aromatic rings. The van der Waals surface area contributed by atoms with Gasteiger partial charge in [0.25, 0.3) is 0 Å². The number of rotatable bonds is 4. The number of aromatic carboxylic acids is 1. The highest BCUT2D eigenvalue weighted by Crippen LogP contribution is 2.26. The molecule has 138 valence electrons. The zero-order chi connectivity index (χ0) is 19.6. The number of carboxylic acid groups (broad SMARTS) is 1. The third-order valence-corrected chi connectivity index (χ3v) is 4.57. The van der Waals surface area contributed by atoms with Crippen LogP contribution in [0.1, 0.15) is 21.7 Å². The second-order valence-electron chi connectivity index (χ2n) is 5.84. The molecule has 0 unspecified atom stereocenters. The number of pyridine rings is 1. The third-order valence-electron chi connectivity index (χ3n) is 3.99. The fourth-order valence-corrected chi connectivity index (χ4v) is 3.15. The van der Waals surface area contributed by atoms with E-state index in [0.29, 0.717) is 26.8 Å². The van der Waals surface area contributed by atoms with Gasteiger partial charge in [0.1, 0.15) is 5.69 Å². The van der Waals surface area contributed by atoms with Crippen molar-refractivity contribution in [1.82, 2.24) is 10.3 Å². The van der Waals surface area contributed by atoms with Crippen LogP contribution in [0.5, 0.6) is 0 Å². The lowest BCUT2D eigenvalue weighted by molar-refractivity contribution is 0.0690. The summed E-state index contributed by atoms with van der Waals surface area (Å²) in [4.78, 5) is 27.6. The number of hydrogen-bond acceptors (Lipinski definition) is 3. The van der Waals surface area contributed by atoms with Gasteiger partial charge in [-0.25, -0.2) is 14.6 Å². The van der Waals surface area contributed by atoms with Crippen molar-refractivity contribution in [3.05, 3.63) is 69.5 Å². The Labute approximate surface area is 165 Å². The second-order valence-corrected chi connectivity index (χ2v) is 6.69.